The Kier molecular flexibility index (Phi) is 6.98. The molecule has 4 heteroatoms. The van der Waals surface area contributed by atoms with E-state index >= 15 is 0 Å². The smallest absolute Gasteiger partial charge is 0.234 e. The van der Waals surface area contributed by atoms with Gasteiger partial charge in [-0.25, -0.2) is 0 Å². The molecule has 0 spiro atoms. The lowest BCUT2D eigenvalue weighted by Gasteiger charge is -2.32. The van der Waals surface area contributed by atoms with Gasteiger partial charge in [-0.05, 0) is 31.8 Å². The van der Waals surface area contributed by atoms with Crippen LogP contribution in [0.15, 0.2) is 12.7 Å². The summed E-state index contributed by atoms with van der Waals surface area (Å²) < 4.78 is 0. The molecule has 1 aliphatic heterocycles. The van der Waals surface area contributed by atoms with Crippen molar-refractivity contribution in [3.63, 3.8) is 0 Å². The average molecular weight is 253 g/mol. The highest BCUT2D eigenvalue weighted by atomic mass is 16.2. The molecule has 2 N–H and O–H groups in total. The molecule has 1 atom stereocenters. The van der Waals surface area contributed by atoms with Crippen LogP contribution in [0.2, 0.25) is 0 Å². The van der Waals surface area contributed by atoms with Crippen LogP contribution in [0, 0.1) is 5.92 Å². The second-order valence-electron chi connectivity index (χ2n) is 5.40. The summed E-state index contributed by atoms with van der Waals surface area (Å²) >= 11 is 0. The van der Waals surface area contributed by atoms with Gasteiger partial charge in [-0.1, -0.05) is 19.9 Å². The Bertz CT molecular complexity index is 266. The van der Waals surface area contributed by atoms with Gasteiger partial charge in [0.05, 0.1) is 6.54 Å². The van der Waals surface area contributed by atoms with Crippen molar-refractivity contribution in [1.82, 2.24) is 15.5 Å². The minimum atomic E-state index is 0.104. The third kappa shape index (κ3) is 6.17. The van der Waals surface area contributed by atoms with Crippen LogP contribution in [0.25, 0.3) is 0 Å². The molecule has 1 rings (SSSR count). The van der Waals surface area contributed by atoms with Crippen molar-refractivity contribution in [2.45, 2.75) is 32.7 Å². The topological polar surface area (TPSA) is 44.4 Å². The van der Waals surface area contributed by atoms with E-state index in [-0.39, 0.29) is 5.91 Å². The fourth-order valence-electron chi connectivity index (χ4n) is 2.31. The molecule has 0 aromatic carbocycles. The van der Waals surface area contributed by atoms with Crippen LogP contribution in [-0.2, 0) is 4.79 Å². The van der Waals surface area contributed by atoms with E-state index < -0.39 is 0 Å². The van der Waals surface area contributed by atoms with Crippen molar-refractivity contribution in [2.75, 3.05) is 32.7 Å². The number of hydrogen-bond acceptors (Lipinski definition) is 3. The van der Waals surface area contributed by atoms with Crippen LogP contribution < -0.4 is 10.6 Å². The minimum Gasteiger partial charge on any atom is -0.352 e. The van der Waals surface area contributed by atoms with Crippen LogP contribution in [0.4, 0.5) is 0 Å². The first kappa shape index (κ1) is 15.2. The van der Waals surface area contributed by atoms with Crippen molar-refractivity contribution in [3.05, 3.63) is 12.7 Å². The molecular weight excluding hydrogens is 226 g/mol. The van der Waals surface area contributed by atoms with Gasteiger partial charge in [-0.3, -0.25) is 9.69 Å². The molecule has 0 saturated carbocycles. The zero-order valence-electron chi connectivity index (χ0n) is 11.7. The van der Waals surface area contributed by atoms with E-state index in [2.05, 4.69) is 36.0 Å². The van der Waals surface area contributed by atoms with Gasteiger partial charge in [0.1, 0.15) is 0 Å². The summed E-state index contributed by atoms with van der Waals surface area (Å²) in [7, 11) is 0. The van der Waals surface area contributed by atoms with Crippen molar-refractivity contribution >= 4 is 5.91 Å². The number of rotatable bonds is 7. The van der Waals surface area contributed by atoms with Gasteiger partial charge in [-0.2, -0.15) is 0 Å². The molecular formula is C14H27N3O. The predicted molar refractivity (Wildman–Crippen MR) is 75.5 cm³/mol. The molecule has 4 nitrogen and oxygen atoms in total. The van der Waals surface area contributed by atoms with Gasteiger partial charge in [0.25, 0.3) is 0 Å². The standard InChI is InChI=1S/C14H27N3O/c1-4-7-15-14(18)11-17-8-5-6-13(10-17)9-16-12(2)3/h4,12-13,16H,1,5-11H2,2-3H3,(H,15,18). The van der Waals surface area contributed by atoms with E-state index in [1.54, 1.807) is 6.08 Å². The molecule has 1 saturated heterocycles. The molecule has 0 aliphatic carbocycles. The molecule has 1 amide bonds. The first-order chi connectivity index (χ1) is 8.61. The Hall–Kier alpha value is -0.870. The van der Waals surface area contributed by atoms with E-state index in [4.69, 9.17) is 0 Å². The van der Waals surface area contributed by atoms with E-state index in [1.807, 2.05) is 0 Å². The maximum atomic E-state index is 11.6. The maximum Gasteiger partial charge on any atom is 0.234 e. The van der Waals surface area contributed by atoms with Crippen LogP contribution in [0.3, 0.4) is 0 Å². The highest BCUT2D eigenvalue weighted by Gasteiger charge is 2.21. The Morgan fingerprint density at radius 2 is 2.33 bits per heavy atom. The van der Waals surface area contributed by atoms with Gasteiger partial charge in [0, 0.05) is 19.1 Å². The van der Waals surface area contributed by atoms with Crippen LogP contribution in [0.5, 0.6) is 0 Å². The van der Waals surface area contributed by atoms with E-state index in [0.29, 0.717) is 25.0 Å². The molecule has 1 heterocycles. The lowest BCUT2D eigenvalue weighted by atomic mass is 9.98. The molecule has 0 radical (unpaired) electrons. The van der Waals surface area contributed by atoms with Gasteiger partial charge in [0.2, 0.25) is 5.91 Å². The van der Waals surface area contributed by atoms with Gasteiger partial charge >= 0.3 is 0 Å². The summed E-state index contributed by atoms with van der Waals surface area (Å²) in [4.78, 5) is 13.9. The number of nitrogens with zero attached hydrogens (tertiary/aromatic N) is 1. The molecule has 0 aromatic heterocycles. The summed E-state index contributed by atoms with van der Waals surface area (Å²) in [5, 5.41) is 6.31. The van der Waals surface area contributed by atoms with Gasteiger partial charge in [-0.15, -0.1) is 6.58 Å². The fourth-order valence-corrected chi connectivity index (χ4v) is 2.31. The first-order valence-electron chi connectivity index (χ1n) is 6.95. The highest BCUT2D eigenvalue weighted by Crippen LogP contribution is 2.15. The van der Waals surface area contributed by atoms with Crippen molar-refractivity contribution in [1.29, 1.82) is 0 Å². The Morgan fingerprint density at radius 1 is 1.56 bits per heavy atom. The number of carbonyl (C=O) groups is 1. The minimum absolute atomic E-state index is 0.104. The number of hydrogen-bond donors (Lipinski definition) is 2. The third-order valence-electron chi connectivity index (χ3n) is 3.23. The Balaban J connectivity index is 2.25. The maximum absolute atomic E-state index is 11.6. The highest BCUT2D eigenvalue weighted by molar-refractivity contribution is 5.78. The third-order valence-corrected chi connectivity index (χ3v) is 3.23. The molecule has 0 bridgehead atoms. The van der Waals surface area contributed by atoms with E-state index in [9.17, 15) is 4.79 Å². The van der Waals surface area contributed by atoms with Crippen LogP contribution >= 0.6 is 0 Å². The largest absolute Gasteiger partial charge is 0.352 e. The summed E-state index contributed by atoms with van der Waals surface area (Å²) in [6.07, 6.45) is 4.17. The zero-order chi connectivity index (χ0) is 13.4. The molecule has 18 heavy (non-hydrogen) atoms. The Morgan fingerprint density at radius 3 is 3.00 bits per heavy atom. The van der Waals surface area contributed by atoms with Crippen molar-refractivity contribution in [2.24, 2.45) is 5.92 Å². The second-order valence-corrected chi connectivity index (χ2v) is 5.40. The second kappa shape index (κ2) is 8.27. The Labute approximate surface area is 111 Å². The molecule has 1 unspecified atom stereocenters. The van der Waals surface area contributed by atoms with E-state index in [0.717, 1.165) is 19.6 Å². The average Bonchev–Trinajstić information content (AvgIpc) is 2.34. The molecule has 1 fully saturated rings. The number of piperidine rings is 1. The normalized spacial score (nSPS) is 20.9. The summed E-state index contributed by atoms with van der Waals surface area (Å²) in [6, 6.07) is 0.538. The fraction of sp³-hybridized carbons (Fsp3) is 0.786. The number of likely N-dealkylation sites (tertiary alicyclic amines) is 1. The molecule has 1 aliphatic rings. The monoisotopic (exact) mass is 253 g/mol. The number of nitrogens with one attached hydrogen (secondary N) is 2. The molecule has 0 aromatic rings. The lowest BCUT2D eigenvalue weighted by molar-refractivity contribution is -0.122. The lowest BCUT2D eigenvalue weighted by Crippen LogP contribution is -2.45. The van der Waals surface area contributed by atoms with Crippen molar-refractivity contribution in [3.8, 4) is 0 Å². The predicted octanol–water partition coefficient (Wildman–Crippen LogP) is 0.999. The van der Waals surface area contributed by atoms with Crippen LogP contribution in [-0.4, -0.2) is 49.6 Å². The summed E-state index contributed by atoms with van der Waals surface area (Å²) in [6.45, 7) is 12.1. The van der Waals surface area contributed by atoms with Crippen molar-refractivity contribution < 1.29 is 4.79 Å². The van der Waals surface area contributed by atoms with Gasteiger partial charge < -0.3 is 10.6 Å². The van der Waals surface area contributed by atoms with E-state index in [1.165, 1.54) is 12.8 Å². The first-order valence-corrected chi connectivity index (χ1v) is 6.95. The van der Waals surface area contributed by atoms with Crippen LogP contribution in [0.1, 0.15) is 26.7 Å². The van der Waals surface area contributed by atoms with Gasteiger partial charge in [0.15, 0.2) is 0 Å². The molecule has 104 valence electrons. The summed E-state index contributed by atoms with van der Waals surface area (Å²) in [5.41, 5.74) is 0. The zero-order valence-corrected chi connectivity index (χ0v) is 11.7. The number of amides is 1. The number of carbonyl (C=O) groups excluding carboxylic acids is 1. The summed E-state index contributed by atoms with van der Waals surface area (Å²) in [5.74, 6) is 0.778. The SMILES string of the molecule is C=CCNC(=O)CN1CCCC(CNC(C)C)C1. The quantitative estimate of drug-likeness (QED) is 0.665.